The number of amides is 1. The summed E-state index contributed by atoms with van der Waals surface area (Å²) in [4.78, 5) is 31.1. The Balaban J connectivity index is 1.21. The second kappa shape index (κ2) is 9.36. The first kappa shape index (κ1) is 23.8. The number of rotatable bonds is 4. The van der Waals surface area contributed by atoms with Crippen LogP contribution in [0, 0.1) is 0 Å². The van der Waals surface area contributed by atoms with E-state index in [2.05, 4.69) is 51.4 Å². The molecular weight excluding hydrogens is 462 g/mol. The molecule has 1 atom stereocenters. The minimum atomic E-state index is -0.516. The molecule has 37 heavy (non-hydrogen) atoms. The van der Waals surface area contributed by atoms with Crippen molar-refractivity contribution in [1.29, 1.82) is 0 Å². The molecule has 0 spiro atoms. The Hall–Kier alpha value is -3.61. The molecule has 0 bridgehead atoms. The summed E-state index contributed by atoms with van der Waals surface area (Å²) in [6, 6.07) is 14.8. The fourth-order valence-electron chi connectivity index (χ4n) is 5.69. The second-order valence-electron chi connectivity index (χ2n) is 11.4. The average Bonchev–Trinajstić information content (AvgIpc) is 3.67. The predicted molar refractivity (Wildman–Crippen MR) is 145 cm³/mol. The van der Waals surface area contributed by atoms with E-state index in [1.54, 1.807) is 4.90 Å². The molecule has 6 rings (SSSR count). The number of aromatic amines is 2. The van der Waals surface area contributed by atoms with Gasteiger partial charge < -0.3 is 14.7 Å². The van der Waals surface area contributed by atoms with Crippen molar-refractivity contribution in [3.8, 4) is 22.4 Å². The third-order valence-electron chi connectivity index (χ3n) is 7.56. The molecule has 7 heteroatoms. The predicted octanol–water partition coefficient (Wildman–Crippen LogP) is 7.35. The van der Waals surface area contributed by atoms with Gasteiger partial charge in [-0.15, -0.1) is 0 Å². The van der Waals surface area contributed by atoms with Crippen LogP contribution in [0.2, 0.25) is 0 Å². The molecule has 3 heterocycles. The lowest BCUT2D eigenvalue weighted by Gasteiger charge is -2.27. The maximum atomic E-state index is 12.8. The molecule has 2 aliphatic rings. The number of fused-ring (bicyclic) bond motifs is 1. The minimum Gasteiger partial charge on any atom is -0.444 e. The summed E-state index contributed by atoms with van der Waals surface area (Å²) in [5.41, 5.74) is 5.86. The summed E-state index contributed by atoms with van der Waals surface area (Å²) >= 11 is 0. The van der Waals surface area contributed by atoms with E-state index in [9.17, 15) is 4.79 Å². The van der Waals surface area contributed by atoms with Crippen LogP contribution in [-0.2, 0) is 4.74 Å². The van der Waals surface area contributed by atoms with Gasteiger partial charge in [-0.2, -0.15) is 0 Å². The van der Waals surface area contributed by atoms with Crippen molar-refractivity contribution < 1.29 is 9.53 Å². The molecule has 2 N–H and O–H groups in total. The number of hydrogen-bond acceptors (Lipinski definition) is 4. The Kier molecular flexibility index (Phi) is 6.01. The van der Waals surface area contributed by atoms with Crippen LogP contribution in [-0.4, -0.2) is 43.1 Å². The van der Waals surface area contributed by atoms with Crippen molar-refractivity contribution in [2.45, 2.75) is 76.9 Å². The molecule has 2 aromatic heterocycles. The standard InChI is InChI=1S/C30H35N5O2/c1-30(2,3)37-29(36)35-16-6-9-26(35)28-32-23-15-14-22(17-24(23)33-28)19-10-12-20(13-11-19)25-18-31-27(34-25)21-7-4-5-8-21/h10-15,17-18,21,26H,4-9,16H2,1-3H3,(H,31,34)(H,32,33)/t26-/m1/s1. The normalized spacial score (nSPS) is 18.7. The lowest BCUT2D eigenvalue weighted by Crippen LogP contribution is -2.36. The first-order chi connectivity index (χ1) is 17.8. The van der Waals surface area contributed by atoms with Gasteiger partial charge in [-0.1, -0.05) is 43.2 Å². The molecule has 192 valence electrons. The molecule has 7 nitrogen and oxygen atoms in total. The van der Waals surface area contributed by atoms with Gasteiger partial charge in [0.25, 0.3) is 0 Å². The van der Waals surface area contributed by atoms with Gasteiger partial charge in [0.2, 0.25) is 0 Å². The zero-order chi connectivity index (χ0) is 25.6. The van der Waals surface area contributed by atoms with E-state index in [0.29, 0.717) is 12.5 Å². The zero-order valence-electron chi connectivity index (χ0n) is 21.9. The molecule has 1 amide bonds. The molecule has 0 radical (unpaired) electrons. The van der Waals surface area contributed by atoms with Crippen molar-refractivity contribution in [3.05, 3.63) is 60.3 Å². The maximum absolute atomic E-state index is 12.8. The van der Waals surface area contributed by atoms with Gasteiger partial charge in [0.1, 0.15) is 17.2 Å². The number of aromatic nitrogens is 4. The number of ether oxygens (including phenoxy) is 1. The quantitative estimate of drug-likeness (QED) is 0.309. The van der Waals surface area contributed by atoms with E-state index in [1.165, 1.54) is 25.7 Å². The van der Waals surface area contributed by atoms with Crippen molar-refractivity contribution in [2.24, 2.45) is 0 Å². The van der Waals surface area contributed by atoms with Gasteiger partial charge in [0.15, 0.2) is 0 Å². The number of likely N-dealkylation sites (tertiary alicyclic amines) is 1. The number of nitrogens with one attached hydrogen (secondary N) is 2. The minimum absolute atomic E-state index is 0.0893. The largest absolute Gasteiger partial charge is 0.444 e. The first-order valence-electron chi connectivity index (χ1n) is 13.5. The zero-order valence-corrected chi connectivity index (χ0v) is 21.9. The molecule has 2 aromatic carbocycles. The number of H-pyrrole nitrogens is 2. The lowest BCUT2D eigenvalue weighted by atomic mass is 10.0. The molecule has 1 aliphatic heterocycles. The van der Waals surface area contributed by atoms with Gasteiger partial charge >= 0.3 is 6.09 Å². The SMILES string of the molecule is CC(C)(C)OC(=O)N1CCC[C@@H]1c1nc2ccc(-c3ccc(-c4cnc(C5CCCC5)[nH]4)cc3)cc2[nH]1. The molecule has 1 saturated heterocycles. The molecular formula is C30H35N5O2. The highest BCUT2D eigenvalue weighted by molar-refractivity contribution is 5.82. The highest BCUT2D eigenvalue weighted by Gasteiger charge is 2.35. The number of benzene rings is 2. The number of nitrogens with zero attached hydrogens (tertiary/aromatic N) is 3. The Morgan fingerprint density at radius 2 is 1.65 bits per heavy atom. The fourth-order valence-corrected chi connectivity index (χ4v) is 5.69. The Morgan fingerprint density at radius 1 is 0.919 bits per heavy atom. The van der Waals surface area contributed by atoms with Gasteiger partial charge in [0, 0.05) is 12.5 Å². The molecule has 0 unspecified atom stereocenters. The van der Waals surface area contributed by atoms with Crippen LogP contribution < -0.4 is 0 Å². The van der Waals surface area contributed by atoms with Gasteiger partial charge in [-0.05, 0) is 75.3 Å². The van der Waals surface area contributed by atoms with Gasteiger partial charge in [-0.3, -0.25) is 4.90 Å². The van der Waals surface area contributed by atoms with Crippen molar-refractivity contribution >= 4 is 17.1 Å². The summed E-state index contributed by atoms with van der Waals surface area (Å²) in [5.74, 6) is 2.53. The van der Waals surface area contributed by atoms with E-state index >= 15 is 0 Å². The number of hydrogen-bond donors (Lipinski definition) is 2. The van der Waals surface area contributed by atoms with Crippen molar-refractivity contribution in [1.82, 2.24) is 24.8 Å². The first-order valence-corrected chi connectivity index (χ1v) is 13.5. The van der Waals surface area contributed by atoms with Crippen LogP contribution in [0.1, 0.15) is 82.9 Å². The summed E-state index contributed by atoms with van der Waals surface area (Å²) in [7, 11) is 0. The maximum Gasteiger partial charge on any atom is 0.410 e. The van der Waals surface area contributed by atoms with Crippen molar-refractivity contribution in [2.75, 3.05) is 6.54 Å². The number of carbonyl (C=O) groups is 1. The summed E-state index contributed by atoms with van der Waals surface area (Å²) in [5, 5.41) is 0. The van der Waals surface area contributed by atoms with Crippen molar-refractivity contribution in [3.63, 3.8) is 0 Å². The summed E-state index contributed by atoms with van der Waals surface area (Å²) in [6.45, 7) is 6.38. The Morgan fingerprint density at radius 3 is 2.41 bits per heavy atom. The van der Waals surface area contributed by atoms with Crippen LogP contribution in [0.4, 0.5) is 4.79 Å². The second-order valence-corrected chi connectivity index (χ2v) is 11.4. The van der Waals surface area contributed by atoms with Crippen LogP contribution in [0.15, 0.2) is 48.7 Å². The van der Waals surface area contributed by atoms with Gasteiger partial charge in [-0.25, -0.2) is 14.8 Å². The van der Waals surface area contributed by atoms with E-state index < -0.39 is 5.60 Å². The Bertz CT molecular complexity index is 1410. The highest BCUT2D eigenvalue weighted by Crippen LogP contribution is 2.35. The third kappa shape index (κ3) is 4.87. The molecule has 2 fully saturated rings. The molecule has 1 saturated carbocycles. The summed E-state index contributed by atoms with van der Waals surface area (Å²) < 4.78 is 5.63. The monoisotopic (exact) mass is 497 g/mol. The fraction of sp³-hybridized carbons (Fsp3) is 0.433. The van der Waals surface area contributed by atoms with E-state index in [1.807, 2.05) is 33.0 Å². The molecule has 4 aromatic rings. The number of carbonyl (C=O) groups excluding carboxylic acids is 1. The van der Waals surface area contributed by atoms with E-state index in [0.717, 1.165) is 57.9 Å². The van der Waals surface area contributed by atoms with E-state index in [-0.39, 0.29) is 12.1 Å². The molecule has 1 aliphatic carbocycles. The number of imidazole rings is 2. The van der Waals surface area contributed by atoms with E-state index in [4.69, 9.17) is 9.72 Å². The highest BCUT2D eigenvalue weighted by atomic mass is 16.6. The van der Waals surface area contributed by atoms with Crippen LogP contribution in [0.5, 0.6) is 0 Å². The Labute approximate surface area is 217 Å². The van der Waals surface area contributed by atoms with Crippen LogP contribution in [0.3, 0.4) is 0 Å². The van der Waals surface area contributed by atoms with Crippen LogP contribution in [0.25, 0.3) is 33.4 Å². The topological polar surface area (TPSA) is 86.9 Å². The summed E-state index contributed by atoms with van der Waals surface area (Å²) in [6.07, 6.45) is 8.60. The smallest absolute Gasteiger partial charge is 0.410 e. The van der Waals surface area contributed by atoms with Crippen LogP contribution >= 0.6 is 0 Å². The average molecular weight is 498 g/mol. The van der Waals surface area contributed by atoms with Gasteiger partial charge in [0.05, 0.1) is 29.0 Å². The third-order valence-corrected chi connectivity index (χ3v) is 7.56. The lowest BCUT2D eigenvalue weighted by molar-refractivity contribution is 0.0219.